The van der Waals surface area contributed by atoms with Crippen LogP contribution in [-0.4, -0.2) is 21.0 Å². The van der Waals surface area contributed by atoms with E-state index in [-0.39, 0.29) is 16.9 Å². The van der Waals surface area contributed by atoms with E-state index >= 15 is 0 Å². The largest absolute Gasteiger partial charge is 0.462 e. The Balaban J connectivity index is 2.28. The standard InChI is InChI=1S/C22H24N2O4S/c1-5-28-21(25)16-7-6-8-18(13-16)24-15-20(14-23)29(26,27)19-11-9-17(10-12-19)22(2,3)4/h6-13,15,24H,5H2,1-4H3. The molecule has 2 aromatic carbocycles. The minimum Gasteiger partial charge on any atom is -0.462 e. The lowest BCUT2D eigenvalue weighted by atomic mass is 9.87. The smallest absolute Gasteiger partial charge is 0.338 e. The minimum absolute atomic E-state index is 0.0420. The van der Waals surface area contributed by atoms with Gasteiger partial charge in [0.05, 0.1) is 17.1 Å². The van der Waals surface area contributed by atoms with E-state index in [1.807, 2.05) is 20.8 Å². The third-order valence-corrected chi connectivity index (χ3v) is 5.85. The summed E-state index contributed by atoms with van der Waals surface area (Å²) < 4.78 is 30.5. The zero-order valence-corrected chi connectivity index (χ0v) is 17.7. The number of nitrogens with one attached hydrogen (secondary N) is 1. The number of hydrogen-bond donors (Lipinski definition) is 1. The predicted molar refractivity (Wildman–Crippen MR) is 112 cm³/mol. The lowest BCUT2D eigenvalue weighted by Crippen LogP contribution is -2.12. The molecular formula is C22H24N2O4S. The van der Waals surface area contributed by atoms with Crippen molar-refractivity contribution in [2.75, 3.05) is 11.9 Å². The molecule has 6 nitrogen and oxygen atoms in total. The zero-order valence-electron chi connectivity index (χ0n) is 16.9. The Labute approximate surface area is 171 Å². The van der Waals surface area contributed by atoms with Gasteiger partial charge in [0.15, 0.2) is 4.91 Å². The molecule has 152 valence electrons. The third-order valence-electron chi connectivity index (χ3n) is 4.17. The Bertz CT molecular complexity index is 1060. The van der Waals surface area contributed by atoms with Crippen LogP contribution in [0.3, 0.4) is 0 Å². The molecule has 0 aliphatic carbocycles. The maximum Gasteiger partial charge on any atom is 0.338 e. The Morgan fingerprint density at radius 2 is 1.83 bits per heavy atom. The van der Waals surface area contributed by atoms with Crippen molar-refractivity contribution in [3.05, 3.63) is 70.8 Å². The Kier molecular flexibility index (Phi) is 6.83. The van der Waals surface area contributed by atoms with Crippen molar-refractivity contribution in [3.63, 3.8) is 0 Å². The van der Waals surface area contributed by atoms with Crippen LogP contribution in [0.15, 0.2) is 64.5 Å². The highest BCUT2D eigenvalue weighted by molar-refractivity contribution is 7.95. The number of carbonyl (C=O) groups excluding carboxylic acids is 1. The second-order valence-corrected chi connectivity index (χ2v) is 9.26. The van der Waals surface area contributed by atoms with Gasteiger partial charge in [-0.15, -0.1) is 0 Å². The highest BCUT2D eigenvalue weighted by Gasteiger charge is 2.22. The van der Waals surface area contributed by atoms with Gasteiger partial charge in [0.1, 0.15) is 6.07 Å². The molecule has 0 spiro atoms. The van der Waals surface area contributed by atoms with E-state index in [1.165, 1.54) is 18.2 Å². The summed E-state index contributed by atoms with van der Waals surface area (Å²) in [4.78, 5) is 11.4. The molecule has 0 fully saturated rings. The number of nitriles is 1. The molecule has 7 heteroatoms. The monoisotopic (exact) mass is 412 g/mol. The molecule has 0 bridgehead atoms. The number of rotatable bonds is 6. The first kappa shape index (κ1) is 22.2. The van der Waals surface area contributed by atoms with Crippen LogP contribution in [0.1, 0.15) is 43.6 Å². The second-order valence-electron chi connectivity index (χ2n) is 7.34. The summed E-state index contributed by atoms with van der Waals surface area (Å²) in [5.41, 5.74) is 1.67. The highest BCUT2D eigenvalue weighted by Crippen LogP contribution is 2.25. The number of hydrogen-bond acceptors (Lipinski definition) is 6. The molecule has 29 heavy (non-hydrogen) atoms. The van der Waals surface area contributed by atoms with Gasteiger partial charge >= 0.3 is 5.97 Å². The van der Waals surface area contributed by atoms with Crippen molar-refractivity contribution in [1.82, 2.24) is 0 Å². The van der Waals surface area contributed by atoms with Crippen LogP contribution in [0.5, 0.6) is 0 Å². The van der Waals surface area contributed by atoms with Crippen LogP contribution in [0.2, 0.25) is 0 Å². The SMILES string of the molecule is CCOC(=O)c1cccc(NC=C(C#N)S(=O)(=O)c2ccc(C(C)(C)C)cc2)c1. The van der Waals surface area contributed by atoms with E-state index in [2.05, 4.69) is 5.32 Å². The first-order chi connectivity index (χ1) is 13.6. The van der Waals surface area contributed by atoms with Crippen LogP contribution >= 0.6 is 0 Å². The second kappa shape index (κ2) is 8.93. The van der Waals surface area contributed by atoms with Crippen LogP contribution < -0.4 is 5.32 Å². The number of carbonyl (C=O) groups is 1. The molecule has 0 aliphatic heterocycles. The van der Waals surface area contributed by atoms with Crippen molar-refractivity contribution in [2.45, 2.75) is 38.0 Å². The Hall–Kier alpha value is -3.11. The van der Waals surface area contributed by atoms with Crippen LogP contribution in [0.25, 0.3) is 0 Å². The fraction of sp³-hybridized carbons (Fsp3) is 0.273. The van der Waals surface area contributed by atoms with E-state index in [1.54, 1.807) is 43.3 Å². The molecule has 0 radical (unpaired) electrons. The average Bonchev–Trinajstić information content (AvgIpc) is 2.68. The molecule has 0 unspecified atom stereocenters. The number of allylic oxidation sites excluding steroid dienone is 1. The van der Waals surface area contributed by atoms with E-state index in [4.69, 9.17) is 4.74 Å². The van der Waals surface area contributed by atoms with Gasteiger partial charge in [-0.2, -0.15) is 5.26 Å². The van der Waals surface area contributed by atoms with Crippen LogP contribution in [0.4, 0.5) is 5.69 Å². The maximum absolute atomic E-state index is 12.8. The van der Waals surface area contributed by atoms with Crippen molar-refractivity contribution in [3.8, 4) is 6.07 Å². The van der Waals surface area contributed by atoms with E-state index in [9.17, 15) is 18.5 Å². The lowest BCUT2D eigenvalue weighted by molar-refractivity contribution is 0.0526. The molecular weight excluding hydrogens is 388 g/mol. The molecule has 1 N–H and O–H groups in total. The van der Waals surface area contributed by atoms with E-state index in [0.29, 0.717) is 11.3 Å². The molecule has 0 amide bonds. The average molecular weight is 413 g/mol. The molecule has 2 rings (SSSR count). The fourth-order valence-corrected chi connectivity index (χ4v) is 3.61. The van der Waals surface area contributed by atoms with Crippen molar-refractivity contribution < 1.29 is 17.9 Å². The van der Waals surface area contributed by atoms with E-state index in [0.717, 1.165) is 11.8 Å². The number of sulfone groups is 1. The van der Waals surface area contributed by atoms with Gasteiger partial charge in [-0.1, -0.05) is 39.0 Å². The lowest BCUT2D eigenvalue weighted by Gasteiger charge is -2.19. The molecule has 0 saturated carbocycles. The van der Waals surface area contributed by atoms with Gasteiger partial charge in [0, 0.05) is 11.9 Å². The normalized spacial score (nSPS) is 12.2. The highest BCUT2D eigenvalue weighted by atomic mass is 32.2. The molecule has 0 aliphatic rings. The summed E-state index contributed by atoms with van der Waals surface area (Å²) in [6, 6.07) is 14.6. The topological polar surface area (TPSA) is 96.3 Å². The van der Waals surface area contributed by atoms with Gasteiger partial charge in [-0.3, -0.25) is 0 Å². The minimum atomic E-state index is -3.97. The van der Waals surface area contributed by atoms with Gasteiger partial charge in [-0.25, -0.2) is 13.2 Å². The Morgan fingerprint density at radius 3 is 2.38 bits per heavy atom. The molecule has 0 heterocycles. The molecule has 0 aromatic heterocycles. The maximum atomic E-state index is 12.8. The zero-order chi connectivity index (χ0) is 21.7. The van der Waals surface area contributed by atoms with Crippen molar-refractivity contribution in [1.29, 1.82) is 5.26 Å². The number of nitrogens with zero attached hydrogens (tertiary/aromatic N) is 1. The predicted octanol–water partition coefficient (Wildman–Crippen LogP) is 4.41. The summed E-state index contributed by atoms with van der Waals surface area (Å²) in [6.07, 6.45) is 1.12. The van der Waals surface area contributed by atoms with Gasteiger partial charge < -0.3 is 10.1 Å². The Morgan fingerprint density at radius 1 is 1.17 bits per heavy atom. The molecule has 2 aromatic rings. The first-order valence-electron chi connectivity index (χ1n) is 9.09. The van der Waals surface area contributed by atoms with Crippen molar-refractivity contribution in [2.24, 2.45) is 0 Å². The summed E-state index contributed by atoms with van der Waals surface area (Å²) >= 11 is 0. The van der Waals surface area contributed by atoms with Crippen LogP contribution in [-0.2, 0) is 20.0 Å². The third kappa shape index (κ3) is 5.46. The number of esters is 1. The first-order valence-corrected chi connectivity index (χ1v) is 10.6. The quantitative estimate of drug-likeness (QED) is 0.558. The van der Waals surface area contributed by atoms with Gasteiger partial charge in [-0.05, 0) is 48.2 Å². The number of benzene rings is 2. The summed E-state index contributed by atoms with van der Waals surface area (Å²) in [5.74, 6) is -0.479. The van der Waals surface area contributed by atoms with Crippen LogP contribution in [0, 0.1) is 11.3 Å². The molecule has 0 atom stereocenters. The van der Waals surface area contributed by atoms with Crippen molar-refractivity contribution >= 4 is 21.5 Å². The summed E-state index contributed by atoms with van der Waals surface area (Å²) in [5, 5.41) is 12.2. The number of anilines is 1. The van der Waals surface area contributed by atoms with Gasteiger partial charge in [0.25, 0.3) is 0 Å². The van der Waals surface area contributed by atoms with Gasteiger partial charge in [0.2, 0.25) is 9.84 Å². The summed E-state index contributed by atoms with van der Waals surface area (Å²) in [6.45, 7) is 8.06. The van der Waals surface area contributed by atoms with E-state index < -0.39 is 20.7 Å². The molecule has 0 saturated heterocycles. The fourth-order valence-electron chi connectivity index (χ4n) is 2.53. The number of ether oxygens (including phenoxy) is 1. The summed E-state index contributed by atoms with van der Waals surface area (Å²) in [7, 11) is -3.97.